The van der Waals surface area contributed by atoms with E-state index < -0.39 is 0 Å². The first kappa shape index (κ1) is 17.6. The molecule has 1 aliphatic heterocycles. The maximum absolute atomic E-state index is 10.8. The number of nitro groups is 1. The Morgan fingerprint density at radius 3 is 2.37 bits per heavy atom. The fourth-order valence-corrected chi connectivity index (χ4v) is 4.09. The third-order valence-corrected chi connectivity index (χ3v) is 5.70. The minimum Gasteiger partial charge on any atom is -0.369 e. The summed E-state index contributed by atoms with van der Waals surface area (Å²) in [5.74, 6) is 0. The molecule has 1 aliphatic rings. The second-order valence-corrected chi connectivity index (χ2v) is 7.40. The van der Waals surface area contributed by atoms with Gasteiger partial charge < -0.3 is 4.90 Å². The number of rotatable bonds is 5. The zero-order valence-corrected chi connectivity index (χ0v) is 15.6. The van der Waals surface area contributed by atoms with E-state index >= 15 is 0 Å². The summed E-state index contributed by atoms with van der Waals surface area (Å²) in [5.41, 5.74) is 3.45. The second-order valence-electron chi connectivity index (χ2n) is 6.55. The van der Waals surface area contributed by atoms with Crippen molar-refractivity contribution >= 4 is 22.7 Å². The molecular weight excluding hydrogens is 360 g/mol. The van der Waals surface area contributed by atoms with Gasteiger partial charge in [0, 0.05) is 61.5 Å². The van der Waals surface area contributed by atoms with Crippen molar-refractivity contribution in [1.29, 1.82) is 0 Å². The number of anilines is 1. The molecule has 138 valence electrons. The lowest BCUT2D eigenvalue weighted by Crippen LogP contribution is -2.46. The number of non-ortho nitro benzene ring substituents is 1. The van der Waals surface area contributed by atoms with Crippen LogP contribution in [0.2, 0.25) is 0 Å². The standard InChI is InChI=1S/C20H20N4O2S/c25-24(26)19-8-6-18(7-9-19)23-12-10-22(11-13-23)14-17-15-27-20(21-17)16-4-2-1-3-5-16/h1-9,15H,10-14H2. The van der Waals surface area contributed by atoms with Crippen LogP contribution in [0, 0.1) is 10.1 Å². The van der Waals surface area contributed by atoms with Crippen molar-refractivity contribution in [3.63, 3.8) is 0 Å². The Morgan fingerprint density at radius 2 is 1.70 bits per heavy atom. The van der Waals surface area contributed by atoms with E-state index in [0.717, 1.165) is 54.7 Å². The summed E-state index contributed by atoms with van der Waals surface area (Å²) in [5, 5.41) is 14.0. The smallest absolute Gasteiger partial charge is 0.269 e. The lowest BCUT2D eigenvalue weighted by atomic mass is 10.2. The average molecular weight is 380 g/mol. The summed E-state index contributed by atoms with van der Waals surface area (Å²) < 4.78 is 0. The Hall–Kier alpha value is -2.77. The van der Waals surface area contributed by atoms with Crippen LogP contribution in [-0.2, 0) is 6.54 Å². The molecule has 0 saturated carbocycles. The fraction of sp³-hybridized carbons (Fsp3) is 0.250. The van der Waals surface area contributed by atoms with Gasteiger partial charge in [-0.15, -0.1) is 11.3 Å². The summed E-state index contributed by atoms with van der Waals surface area (Å²) >= 11 is 1.69. The Morgan fingerprint density at radius 1 is 1.00 bits per heavy atom. The van der Waals surface area contributed by atoms with Gasteiger partial charge in [0.1, 0.15) is 5.01 Å². The second kappa shape index (κ2) is 7.85. The lowest BCUT2D eigenvalue weighted by Gasteiger charge is -2.35. The number of benzene rings is 2. The quantitative estimate of drug-likeness (QED) is 0.494. The van der Waals surface area contributed by atoms with Gasteiger partial charge in [0.15, 0.2) is 0 Å². The van der Waals surface area contributed by atoms with Crippen LogP contribution in [0.3, 0.4) is 0 Å². The van der Waals surface area contributed by atoms with E-state index in [9.17, 15) is 10.1 Å². The van der Waals surface area contributed by atoms with Crippen LogP contribution >= 0.6 is 11.3 Å². The molecule has 1 fully saturated rings. The molecule has 4 rings (SSSR count). The Balaban J connectivity index is 1.33. The van der Waals surface area contributed by atoms with Gasteiger partial charge in [0.05, 0.1) is 10.6 Å². The molecule has 2 heterocycles. The molecule has 0 spiro atoms. The molecule has 0 N–H and O–H groups in total. The van der Waals surface area contributed by atoms with Gasteiger partial charge in [-0.1, -0.05) is 30.3 Å². The van der Waals surface area contributed by atoms with Gasteiger partial charge >= 0.3 is 0 Å². The number of hydrogen-bond donors (Lipinski definition) is 0. The maximum Gasteiger partial charge on any atom is 0.269 e. The number of nitrogens with zero attached hydrogens (tertiary/aromatic N) is 4. The van der Waals surface area contributed by atoms with Crippen LogP contribution in [0.4, 0.5) is 11.4 Å². The highest BCUT2D eigenvalue weighted by atomic mass is 32.1. The van der Waals surface area contributed by atoms with Gasteiger partial charge in [0.25, 0.3) is 5.69 Å². The normalized spacial score (nSPS) is 15.0. The van der Waals surface area contributed by atoms with E-state index in [-0.39, 0.29) is 10.6 Å². The molecule has 0 unspecified atom stereocenters. The molecule has 27 heavy (non-hydrogen) atoms. The lowest BCUT2D eigenvalue weighted by molar-refractivity contribution is -0.384. The Kier molecular flexibility index (Phi) is 5.13. The van der Waals surface area contributed by atoms with Gasteiger partial charge in [-0.3, -0.25) is 15.0 Å². The molecule has 3 aromatic rings. The third kappa shape index (κ3) is 4.15. The molecule has 1 aromatic heterocycles. The first-order valence-corrected chi connectivity index (χ1v) is 9.78. The molecule has 7 heteroatoms. The van der Waals surface area contributed by atoms with Crippen LogP contribution in [0.25, 0.3) is 10.6 Å². The summed E-state index contributed by atoms with van der Waals surface area (Å²) in [6, 6.07) is 17.1. The number of nitro benzene ring substituents is 1. The summed E-state index contributed by atoms with van der Waals surface area (Å²) in [6.45, 7) is 4.59. The monoisotopic (exact) mass is 380 g/mol. The van der Waals surface area contributed by atoms with Crippen LogP contribution in [-0.4, -0.2) is 41.0 Å². The van der Waals surface area contributed by atoms with Crippen molar-refractivity contribution < 1.29 is 4.92 Å². The van der Waals surface area contributed by atoms with Crippen molar-refractivity contribution in [2.24, 2.45) is 0 Å². The van der Waals surface area contributed by atoms with Gasteiger partial charge in [-0.2, -0.15) is 0 Å². The summed E-state index contributed by atoms with van der Waals surface area (Å²) in [4.78, 5) is 19.9. The molecule has 1 saturated heterocycles. The average Bonchev–Trinajstić information content (AvgIpc) is 3.18. The van der Waals surface area contributed by atoms with E-state index in [2.05, 4.69) is 27.3 Å². The van der Waals surface area contributed by atoms with Crippen LogP contribution in [0.1, 0.15) is 5.69 Å². The SMILES string of the molecule is O=[N+]([O-])c1ccc(N2CCN(Cc3csc(-c4ccccc4)n3)CC2)cc1. The Bertz CT molecular complexity index is 903. The van der Waals surface area contributed by atoms with Gasteiger partial charge in [-0.25, -0.2) is 4.98 Å². The molecular formula is C20H20N4O2S. The number of aromatic nitrogens is 1. The van der Waals surface area contributed by atoms with Crippen molar-refractivity contribution in [3.05, 3.63) is 75.8 Å². The largest absolute Gasteiger partial charge is 0.369 e. The first-order valence-electron chi connectivity index (χ1n) is 8.90. The number of thiazole rings is 1. The van der Waals surface area contributed by atoms with Crippen molar-refractivity contribution in [2.75, 3.05) is 31.1 Å². The number of piperazine rings is 1. The van der Waals surface area contributed by atoms with Crippen molar-refractivity contribution in [2.45, 2.75) is 6.54 Å². The minimum atomic E-state index is -0.362. The Labute approximate surface area is 161 Å². The fourth-order valence-electron chi connectivity index (χ4n) is 3.27. The van der Waals surface area contributed by atoms with E-state index in [1.54, 1.807) is 23.5 Å². The highest BCUT2D eigenvalue weighted by Gasteiger charge is 2.19. The highest BCUT2D eigenvalue weighted by molar-refractivity contribution is 7.13. The molecule has 0 amide bonds. The van der Waals surface area contributed by atoms with Crippen LogP contribution in [0.5, 0.6) is 0 Å². The summed E-state index contributed by atoms with van der Waals surface area (Å²) in [6.07, 6.45) is 0. The predicted molar refractivity (Wildman–Crippen MR) is 108 cm³/mol. The van der Waals surface area contributed by atoms with Gasteiger partial charge in [0.2, 0.25) is 0 Å². The van der Waals surface area contributed by atoms with Crippen molar-refractivity contribution in [1.82, 2.24) is 9.88 Å². The van der Waals surface area contributed by atoms with Crippen LogP contribution in [0.15, 0.2) is 60.0 Å². The molecule has 0 atom stereocenters. The zero-order chi connectivity index (χ0) is 18.6. The first-order chi connectivity index (χ1) is 13.2. The maximum atomic E-state index is 10.8. The molecule has 6 nitrogen and oxygen atoms in total. The molecule has 0 bridgehead atoms. The third-order valence-electron chi connectivity index (χ3n) is 4.76. The van der Waals surface area contributed by atoms with Gasteiger partial charge in [-0.05, 0) is 12.1 Å². The highest BCUT2D eigenvalue weighted by Crippen LogP contribution is 2.25. The van der Waals surface area contributed by atoms with E-state index in [0.29, 0.717) is 0 Å². The predicted octanol–water partition coefficient (Wildman–Crippen LogP) is 4.04. The molecule has 0 aliphatic carbocycles. The molecule has 0 radical (unpaired) electrons. The molecule has 2 aromatic carbocycles. The number of hydrogen-bond acceptors (Lipinski definition) is 6. The summed E-state index contributed by atoms with van der Waals surface area (Å²) in [7, 11) is 0. The van der Waals surface area contributed by atoms with Crippen molar-refractivity contribution in [3.8, 4) is 10.6 Å². The topological polar surface area (TPSA) is 62.5 Å². The van der Waals surface area contributed by atoms with E-state index in [1.807, 2.05) is 30.3 Å². The zero-order valence-electron chi connectivity index (χ0n) is 14.8. The van der Waals surface area contributed by atoms with E-state index in [1.165, 1.54) is 0 Å². The minimum absolute atomic E-state index is 0.134. The van der Waals surface area contributed by atoms with E-state index in [4.69, 9.17) is 4.98 Å². The van der Waals surface area contributed by atoms with Crippen LogP contribution < -0.4 is 4.90 Å².